The van der Waals surface area contributed by atoms with Gasteiger partial charge in [-0.3, -0.25) is 0 Å². The normalized spacial score (nSPS) is 8.83. The van der Waals surface area contributed by atoms with E-state index in [-0.39, 0.29) is 4.90 Å². The van der Waals surface area contributed by atoms with Crippen molar-refractivity contribution in [3.63, 3.8) is 0 Å². The van der Waals surface area contributed by atoms with Crippen molar-refractivity contribution in [3.05, 3.63) is 6.33 Å². The number of hydrogen-bond donors (Lipinski definition) is 0. The van der Waals surface area contributed by atoms with E-state index >= 15 is 0 Å². The maximum Gasteiger partial charge on any atom is 0.173 e. The minimum absolute atomic E-state index is 0.0278. The molecule has 0 spiro atoms. The fourth-order valence-electron chi connectivity index (χ4n) is 0.150. The molecule has 0 saturated carbocycles. The molecule has 0 aliphatic heterocycles. The van der Waals surface area contributed by atoms with Gasteiger partial charge in [0.2, 0.25) is 0 Å². The summed E-state index contributed by atoms with van der Waals surface area (Å²) in [6, 6.07) is 0. The monoisotopic (exact) mass is 88.0 g/mol. The molecule has 5 heteroatoms. The van der Waals surface area contributed by atoms with Gasteiger partial charge in [-0.1, -0.05) is 9.39 Å². The van der Waals surface area contributed by atoms with Crippen LogP contribution in [-0.4, -0.2) is 20.4 Å². The Morgan fingerprint density at radius 3 is 2.67 bits per heavy atom. The van der Waals surface area contributed by atoms with E-state index < -0.39 is 0 Å². The zero-order valence-corrected chi connectivity index (χ0v) is 2.74. The number of aromatic nitrogens is 4. The average Bonchev–Trinajstić information content (AvgIpc) is 1.86. The molecule has 6 heavy (non-hydrogen) atoms. The zero-order chi connectivity index (χ0) is 4.41. The van der Waals surface area contributed by atoms with Crippen molar-refractivity contribution in [3.8, 4) is 0 Å². The smallest absolute Gasteiger partial charge is 0.114 e. The van der Waals surface area contributed by atoms with E-state index in [1.807, 2.05) is 0 Å². The SMILES string of the molecule is Fn1cnnn1. The predicted octanol–water partition coefficient (Wildman–Crippen LogP) is -0.594. The molecule has 0 aliphatic rings. The van der Waals surface area contributed by atoms with Crippen molar-refractivity contribution in [1.82, 2.24) is 20.4 Å². The number of halogens is 1. The van der Waals surface area contributed by atoms with Gasteiger partial charge < -0.3 is 0 Å². The van der Waals surface area contributed by atoms with Crippen molar-refractivity contribution in [2.24, 2.45) is 0 Å². The molecular formula is CHFN4. The molecule has 0 N–H and O–H groups in total. The summed E-state index contributed by atoms with van der Waals surface area (Å²) in [6.45, 7) is 0. The van der Waals surface area contributed by atoms with Crippen molar-refractivity contribution in [1.29, 1.82) is 0 Å². The highest BCUT2D eigenvalue weighted by Crippen LogP contribution is 1.66. The van der Waals surface area contributed by atoms with Crippen LogP contribution in [0.5, 0.6) is 0 Å². The van der Waals surface area contributed by atoms with Gasteiger partial charge in [-0.05, 0) is 10.4 Å². The van der Waals surface area contributed by atoms with Gasteiger partial charge in [-0.2, -0.15) is 0 Å². The second-order valence-electron chi connectivity index (χ2n) is 0.698. The fraction of sp³-hybridized carbons (Fsp3) is 0. The van der Waals surface area contributed by atoms with Crippen LogP contribution < -0.4 is 0 Å². The summed E-state index contributed by atoms with van der Waals surface area (Å²) in [7, 11) is 0. The maximum atomic E-state index is 11.3. The Kier molecular flexibility index (Phi) is 0.533. The molecule has 1 aromatic heterocycles. The third kappa shape index (κ3) is 0.333. The minimum atomic E-state index is 0.0278. The average molecular weight is 88.0 g/mol. The lowest BCUT2D eigenvalue weighted by molar-refractivity contribution is 0.306. The van der Waals surface area contributed by atoms with Gasteiger partial charge >= 0.3 is 0 Å². The molecular weight excluding hydrogens is 87.0 g/mol. The van der Waals surface area contributed by atoms with E-state index in [0.717, 1.165) is 6.33 Å². The molecule has 0 atom stereocenters. The summed E-state index contributed by atoms with van der Waals surface area (Å²) in [5, 5.41) is 8.76. The van der Waals surface area contributed by atoms with Crippen LogP contribution in [0, 0.1) is 0 Å². The predicted molar refractivity (Wildman–Crippen MR) is 14.3 cm³/mol. The van der Waals surface area contributed by atoms with Gasteiger partial charge in [-0.15, -0.1) is 5.10 Å². The topological polar surface area (TPSA) is 43.6 Å². The fourth-order valence-corrected chi connectivity index (χ4v) is 0.150. The first-order chi connectivity index (χ1) is 2.89. The first kappa shape index (κ1) is 3.20. The van der Waals surface area contributed by atoms with E-state index in [9.17, 15) is 4.48 Å². The van der Waals surface area contributed by atoms with Gasteiger partial charge in [0.15, 0.2) is 6.33 Å². The third-order valence-electron chi connectivity index (χ3n) is 0.324. The molecule has 32 valence electrons. The molecule has 0 bridgehead atoms. The molecule has 0 unspecified atom stereocenters. The molecule has 0 saturated heterocycles. The first-order valence-electron chi connectivity index (χ1n) is 1.29. The molecule has 1 aromatic rings. The van der Waals surface area contributed by atoms with E-state index in [1.165, 1.54) is 0 Å². The Bertz CT molecular complexity index is 111. The molecule has 1 rings (SSSR count). The highest BCUT2D eigenvalue weighted by molar-refractivity contribution is 4.30. The van der Waals surface area contributed by atoms with Crippen LogP contribution in [0.15, 0.2) is 6.33 Å². The highest BCUT2D eigenvalue weighted by atomic mass is 19.2. The van der Waals surface area contributed by atoms with E-state index in [2.05, 4.69) is 15.5 Å². The zero-order valence-electron chi connectivity index (χ0n) is 2.74. The largest absolute Gasteiger partial charge is 0.173 e. The van der Waals surface area contributed by atoms with E-state index in [1.54, 1.807) is 0 Å². The van der Waals surface area contributed by atoms with Gasteiger partial charge in [0.1, 0.15) is 0 Å². The summed E-state index contributed by atoms with van der Waals surface area (Å²) >= 11 is 0. The van der Waals surface area contributed by atoms with E-state index in [4.69, 9.17) is 0 Å². The van der Waals surface area contributed by atoms with Crippen LogP contribution in [-0.2, 0) is 0 Å². The van der Waals surface area contributed by atoms with Crippen LogP contribution in [0.25, 0.3) is 0 Å². The van der Waals surface area contributed by atoms with Gasteiger partial charge in [0.05, 0.1) is 0 Å². The molecule has 0 fully saturated rings. The molecule has 0 aromatic carbocycles. The number of tetrazole rings is 1. The molecule has 0 aliphatic carbocycles. The second kappa shape index (κ2) is 1.00. The molecule has 0 radical (unpaired) electrons. The molecule has 0 amide bonds. The van der Waals surface area contributed by atoms with Gasteiger partial charge in [0, 0.05) is 0 Å². The lowest BCUT2D eigenvalue weighted by Gasteiger charge is -1.63. The van der Waals surface area contributed by atoms with Crippen LogP contribution >= 0.6 is 0 Å². The lowest BCUT2D eigenvalue weighted by atomic mass is 11.4. The van der Waals surface area contributed by atoms with Gasteiger partial charge in [-0.25, -0.2) is 0 Å². The Morgan fingerprint density at radius 1 is 1.67 bits per heavy atom. The highest BCUT2D eigenvalue weighted by Gasteiger charge is 1.77. The van der Waals surface area contributed by atoms with Gasteiger partial charge in [0.25, 0.3) is 0 Å². The van der Waals surface area contributed by atoms with E-state index in [0.29, 0.717) is 0 Å². The lowest BCUT2D eigenvalue weighted by Crippen LogP contribution is -1.78. The Morgan fingerprint density at radius 2 is 2.50 bits per heavy atom. The number of hydrogen-bond acceptors (Lipinski definition) is 3. The Labute approximate surface area is 32.5 Å². The van der Waals surface area contributed by atoms with Crippen LogP contribution in [0.4, 0.5) is 4.48 Å². The number of nitrogens with zero attached hydrogens (tertiary/aromatic N) is 4. The standard InChI is InChI=1S/CHFN4/c2-6-1-3-4-5-6/h1H. The summed E-state index contributed by atoms with van der Waals surface area (Å²) in [5.74, 6) is 0. The van der Waals surface area contributed by atoms with Crippen molar-refractivity contribution >= 4 is 0 Å². The Balaban J connectivity index is 3.05. The minimum Gasteiger partial charge on any atom is -0.114 e. The summed E-state index contributed by atoms with van der Waals surface area (Å²) in [5.41, 5.74) is 0. The molecule has 1 heterocycles. The van der Waals surface area contributed by atoms with Crippen LogP contribution in [0.2, 0.25) is 0 Å². The van der Waals surface area contributed by atoms with Crippen molar-refractivity contribution in [2.45, 2.75) is 0 Å². The van der Waals surface area contributed by atoms with Crippen molar-refractivity contribution in [2.75, 3.05) is 0 Å². The summed E-state index contributed by atoms with van der Waals surface area (Å²) in [4.78, 5) is 0.0278. The first-order valence-corrected chi connectivity index (χ1v) is 1.29. The third-order valence-corrected chi connectivity index (χ3v) is 0.324. The van der Waals surface area contributed by atoms with Crippen molar-refractivity contribution < 1.29 is 4.48 Å². The van der Waals surface area contributed by atoms with Crippen LogP contribution in [0.3, 0.4) is 0 Å². The molecule has 4 nitrogen and oxygen atoms in total. The Hall–Kier alpha value is -1.00. The number of rotatable bonds is 0. The maximum absolute atomic E-state index is 11.3. The quantitative estimate of drug-likeness (QED) is 0.425. The summed E-state index contributed by atoms with van der Waals surface area (Å²) < 4.78 is 11.3. The summed E-state index contributed by atoms with van der Waals surface area (Å²) in [6.07, 6.45) is 0.861. The second-order valence-corrected chi connectivity index (χ2v) is 0.698. The van der Waals surface area contributed by atoms with Crippen LogP contribution in [0.1, 0.15) is 0 Å².